The van der Waals surface area contributed by atoms with Gasteiger partial charge in [-0.05, 0) is 24.1 Å². The third-order valence-corrected chi connectivity index (χ3v) is 2.03. The van der Waals surface area contributed by atoms with Gasteiger partial charge in [0.25, 0.3) is 0 Å². The molecule has 0 fully saturated rings. The van der Waals surface area contributed by atoms with Crippen LogP contribution in [0.15, 0.2) is 36.9 Å². The van der Waals surface area contributed by atoms with Crippen LogP contribution in [0, 0.1) is 0 Å². The van der Waals surface area contributed by atoms with Crippen molar-refractivity contribution in [3.8, 4) is 0 Å². The van der Waals surface area contributed by atoms with Crippen molar-refractivity contribution in [2.75, 3.05) is 13.2 Å². The molecule has 0 aromatic heterocycles. The van der Waals surface area contributed by atoms with Crippen molar-refractivity contribution in [1.82, 2.24) is 0 Å². The fourth-order valence-corrected chi connectivity index (χ4v) is 1.35. The van der Waals surface area contributed by atoms with Crippen LogP contribution in [0.3, 0.4) is 0 Å². The molecule has 0 radical (unpaired) electrons. The zero-order chi connectivity index (χ0) is 10.2. The molecule has 14 heavy (non-hydrogen) atoms. The van der Waals surface area contributed by atoms with E-state index in [2.05, 4.69) is 18.7 Å². The molecule has 0 bridgehead atoms. The first kappa shape index (κ1) is 11.0. The minimum atomic E-state index is 0.594. The predicted molar refractivity (Wildman–Crippen MR) is 59.1 cm³/mol. The highest BCUT2D eigenvalue weighted by Gasteiger charge is 1.99. The van der Waals surface area contributed by atoms with Gasteiger partial charge in [-0.1, -0.05) is 30.3 Å². The van der Waals surface area contributed by atoms with Crippen molar-refractivity contribution in [3.05, 3.63) is 48.0 Å². The van der Waals surface area contributed by atoms with Crippen LogP contribution in [-0.4, -0.2) is 13.2 Å². The first-order chi connectivity index (χ1) is 6.88. The van der Waals surface area contributed by atoms with Crippen molar-refractivity contribution < 1.29 is 4.74 Å². The highest BCUT2D eigenvalue weighted by molar-refractivity contribution is 5.26. The second kappa shape index (κ2) is 6.35. The molecule has 0 saturated carbocycles. The molecule has 1 aromatic carbocycles. The van der Waals surface area contributed by atoms with E-state index < -0.39 is 0 Å². The van der Waals surface area contributed by atoms with E-state index in [0.717, 1.165) is 6.42 Å². The van der Waals surface area contributed by atoms with Crippen LogP contribution in [0.4, 0.5) is 0 Å². The molecule has 2 N–H and O–H groups in total. The smallest absolute Gasteiger partial charge is 0.0723 e. The largest absolute Gasteiger partial charge is 0.373 e. The lowest BCUT2D eigenvalue weighted by molar-refractivity contribution is 0.148. The Bertz CT molecular complexity index is 283. The predicted octanol–water partition coefficient (Wildman–Crippen LogP) is 1.89. The van der Waals surface area contributed by atoms with E-state index >= 15 is 0 Å². The van der Waals surface area contributed by atoms with Gasteiger partial charge in [-0.2, -0.15) is 0 Å². The van der Waals surface area contributed by atoms with Crippen molar-refractivity contribution in [1.29, 1.82) is 0 Å². The summed E-state index contributed by atoms with van der Waals surface area (Å²) in [4.78, 5) is 0. The summed E-state index contributed by atoms with van der Waals surface area (Å²) < 4.78 is 5.40. The van der Waals surface area contributed by atoms with Gasteiger partial charge in [0.2, 0.25) is 0 Å². The first-order valence-corrected chi connectivity index (χ1v) is 4.84. The van der Waals surface area contributed by atoms with Gasteiger partial charge in [-0.3, -0.25) is 0 Å². The SMILES string of the molecule is C=CCOCc1ccccc1CCN. The van der Waals surface area contributed by atoms with Crippen molar-refractivity contribution >= 4 is 0 Å². The molecular formula is C12H17NO. The van der Waals surface area contributed by atoms with Gasteiger partial charge in [0.05, 0.1) is 13.2 Å². The van der Waals surface area contributed by atoms with E-state index in [1.807, 2.05) is 12.1 Å². The van der Waals surface area contributed by atoms with Crippen molar-refractivity contribution in [2.45, 2.75) is 13.0 Å². The minimum Gasteiger partial charge on any atom is -0.373 e. The van der Waals surface area contributed by atoms with Crippen LogP contribution in [0.25, 0.3) is 0 Å². The fourth-order valence-electron chi connectivity index (χ4n) is 1.35. The zero-order valence-corrected chi connectivity index (χ0v) is 8.41. The Balaban J connectivity index is 2.59. The van der Waals surface area contributed by atoms with E-state index in [1.165, 1.54) is 11.1 Å². The Morgan fingerprint density at radius 3 is 2.64 bits per heavy atom. The summed E-state index contributed by atoms with van der Waals surface area (Å²) in [5.74, 6) is 0. The van der Waals surface area contributed by atoms with Crippen LogP contribution >= 0.6 is 0 Å². The van der Waals surface area contributed by atoms with E-state index in [1.54, 1.807) is 6.08 Å². The highest BCUT2D eigenvalue weighted by atomic mass is 16.5. The first-order valence-electron chi connectivity index (χ1n) is 4.84. The van der Waals surface area contributed by atoms with Crippen LogP contribution in [-0.2, 0) is 17.8 Å². The molecule has 0 saturated heterocycles. The molecule has 0 aliphatic rings. The summed E-state index contributed by atoms with van der Waals surface area (Å²) in [6, 6.07) is 8.22. The maximum absolute atomic E-state index is 5.53. The Hall–Kier alpha value is -1.12. The second-order valence-electron chi connectivity index (χ2n) is 3.11. The van der Waals surface area contributed by atoms with Gasteiger partial charge in [-0.15, -0.1) is 6.58 Å². The van der Waals surface area contributed by atoms with Gasteiger partial charge in [0, 0.05) is 0 Å². The third-order valence-electron chi connectivity index (χ3n) is 2.03. The standard InChI is InChI=1S/C12H17NO/c1-2-9-14-10-12-6-4-3-5-11(12)7-8-13/h2-6H,1,7-10,13H2. The molecule has 0 amide bonds. The van der Waals surface area contributed by atoms with Crippen molar-refractivity contribution in [3.63, 3.8) is 0 Å². The highest BCUT2D eigenvalue weighted by Crippen LogP contribution is 2.10. The fraction of sp³-hybridized carbons (Fsp3) is 0.333. The Labute approximate surface area is 85.4 Å². The maximum atomic E-state index is 5.53. The number of hydrogen-bond donors (Lipinski definition) is 1. The summed E-state index contributed by atoms with van der Waals surface area (Å²) in [5.41, 5.74) is 8.03. The van der Waals surface area contributed by atoms with E-state index in [0.29, 0.717) is 19.8 Å². The number of ether oxygens (including phenoxy) is 1. The normalized spacial score (nSPS) is 10.1. The molecule has 2 heteroatoms. The summed E-state index contributed by atoms with van der Waals surface area (Å²) in [6.07, 6.45) is 2.67. The molecule has 2 nitrogen and oxygen atoms in total. The lowest BCUT2D eigenvalue weighted by Crippen LogP contribution is -2.06. The van der Waals surface area contributed by atoms with E-state index in [9.17, 15) is 0 Å². The van der Waals surface area contributed by atoms with Gasteiger partial charge < -0.3 is 10.5 Å². The van der Waals surface area contributed by atoms with Crippen molar-refractivity contribution in [2.24, 2.45) is 5.73 Å². The average Bonchev–Trinajstić information content (AvgIpc) is 2.21. The van der Waals surface area contributed by atoms with E-state index in [4.69, 9.17) is 10.5 Å². The van der Waals surface area contributed by atoms with Crippen LogP contribution < -0.4 is 5.73 Å². The van der Waals surface area contributed by atoms with Crippen LogP contribution in [0.2, 0.25) is 0 Å². The summed E-state index contributed by atoms with van der Waals surface area (Å²) in [6.45, 7) is 5.52. The topological polar surface area (TPSA) is 35.2 Å². The van der Waals surface area contributed by atoms with Crippen LogP contribution in [0.1, 0.15) is 11.1 Å². The number of rotatable bonds is 6. The Morgan fingerprint density at radius 1 is 1.29 bits per heavy atom. The van der Waals surface area contributed by atoms with Gasteiger partial charge in [0.1, 0.15) is 0 Å². The molecule has 0 heterocycles. The monoisotopic (exact) mass is 191 g/mol. The molecular weight excluding hydrogens is 174 g/mol. The minimum absolute atomic E-state index is 0.594. The van der Waals surface area contributed by atoms with Crippen LogP contribution in [0.5, 0.6) is 0 Å². The summed E-state index contributed by atoms with van der Waals surface area (Å²) in [5, 5.41) is 0. The molecule has 0 aliphatic heterocycles. The van der Waals surface area contributed by atoms with Gasteiger partial charge in [-0.25, -0.2) is 0 Å². The summed E-state index contributed by atoms with van der Waals surface area (Å²) >= 11 is 0. The molecule has 1 aromatic rings. The average molecular weight is 191 g/mol. The number of benzene rings is 1. The molecule has 76 valence electrons. The number of hydrogen-bond acceptors (Lipinski definition) is 2. The molecule has 0 atom stereocenters. The Morgan fingerprint density at radius 2 is 2.00 bits per heavy atom. The van der Waals surface area contributed by atoms with E-state index in [-0.39, 0.29) is 0 Å². The quantitative estimate of drug-likeness (QED) is 0.550. The molecule has 0 aliphatic carbocycles. The summed E-state index contributed by atoms with van der Waals surface area (Å²) in [7, 11) is 0. The lowest BCUT2D eigenvalue weighted by atomic mass is 10.1. The van der Waals surface area contributed by atoms with Gasteiger partial charge in [0.15, 0.2) is 0 Å². The van der Waals surface area contributed by atoms with Gasteiger partial charge >= 0.3 is 0 Å². The molecule has 0 unspecified atom stereocenters. The zero-order valence-electron chi connectivity index (χ0n) is 8.41. The second-order valence-corrected chi connectivity index (χ2v) is 3.11. The third kappa shape index (κ3) is 3.32. The maximum Gasteiger partial charge on any atom is 0.0723 e. The lowest BCUT2D eigenvalue weighted by Gasteiger charge is -2.07. The molecule has 0 spiro atoms. The molecule has 1 rings (SSSR count). The Kier molecular flexibility index (Phi) is 4.97. The number of nitrogens with two attached hydrogens (primary N) is 1.